The van der Waals surface area contributed by atoms with Crippen LogP contribution in [0, 0.1) is 0 Å². The zero-order valence-corrected chi connectivity index (χ0v) is 9.39. The Hall–Kier alpha value is -0.230. The second kappa shape index (κ2) is 11.8. The molecule has 0 fully saturated rings. The predicted octanol–water partition coefficient (Wildman–Crippen LogP) is 4.70. The Morgan fingerprint density at radius 1 is 0.923 bits per heavy atom. The summed E-state index contributed by atoms with van der Waals surface area (Å²) >= 11 is 5.56. The summed E-state index contributed by atoms with van der Waals surface area (Å²) in [6.45, 7) is 2.22. The Balaban J connectivity index is 3.15. The number of allylic oxidation sites excluding steroid dienone is 4. The maximum absolute atomic E-state index is 5.56. The quantitative estimate of drug-likeness (QED) is 0.303. The standard InChI is InChI=1S/C12H21Cl/c1-2-3-4-5-6-7-8-9-10-11-12-13/h5-8H,2-4,9-12H2,1H3/b6-5-,8-7-. The third kappa shape index (κ3) is 11.8. The van der Waals surface area contributed by atoms with Gasteiger partial charge in [0.2, 0.25) is 0 Å². The van der Waals surface area contributed by atoms with Gasteiger partial charge in [0.1, 0.15) is 0 Å². The summed E-state index contributed by atoms with van der Waals surface area (Å²) in [7, 11) is 0. The molecule has 0 amide bonds. The van der Waals surface area contributed by atoms with E-state index in [2.05, 4.69) is 31.2 Å². The van der Waals surface area contributed by atoms with Crippen molar-refractivity contribution in [3.05, 3.63) is 24.3 Å². The van der Waals surface area contributed by atoms with E-state index in [0.717, 1.165) is 18.7 Å². The van der Waals surface area contributed by atoms with Crippen LogP contribution < -0.4 is 0 Å². The first-order valence-corrected chi connectivity index (χ1v) is 5.83. The zero-order valence-electron chi connectivity index (χ0n) is 8.64. The highest BCUT2D eigenvalue weighted by Gasteiger charge is 1.81. The maximum Gasteiger partial charge on any atom is 0.0223 e. The zero-order chi connectivity index (χ0) is 9.78. The van der Waals surface area contributed by atoms with Crippen LogP contribution >= 0.6 is 11.6 Å². The van der Waals surface area contributed by atoms with E-state index in [0.29, 0.717) is 0 Å². The van der Waals surface area contributed by atoms with Gasteiger partial charge < -0.3 is 0 Å². The number of hydrogen-bond acceptors (Lipinski definition) is 0. The lowest BCUT2D eigenvalue weighted by atomic mass is 10.2. The molecule has 0 rings (SSSR count). The van der Waals surface area contributed by atoms with Crippen LogP contribution in [0.4, 0.5) is 0 Å². The van der Waals surface area contributed by atoms with Crippen LogP contribution in [-0.2, 0) is 0 Å². The lowest BCUT2D eigenvalue weighted by Crippen LogP contribution is -1.73. The van der Waals surface area contributed by atoms with E-state index in [-0.39, 0.29) is 0 Å². The molecule has 0 aromatic heterocycles. The van der Waals surface area contributed by atoms with E-state index in [1.807, 2.05) is 0 Å². The Morgan fingerprint density at radius 3 is 2.08 bits per heavy atom. The van der Waals surface area contributed by atoms with Gasteiger partial charge in [0.25, 0.3) is 0 Å². The van der Waals surface area contributed by atoms with E-state index in [9.17, 15) is 0 Å². The van der Waals surface area contributed by atoms with E-state index < -0.39 is 0 Å². The van der Waals surface area contributed by atoms with Crippen LogP contribution in [0.15, 0.2) is 24.3 Å². The van der Waals surface area contributed by atoms with Crippen molar-refractivity contribution in [3.8, 4) is 0 Å². The topological polar surface area (TPSA) is 0 Å². The predicted molar refractivity (Wildman–Crippen MR) is 62.4 cm³/mol. The second-order valence-corrected chi connectivity index (χ2v) is 3.56. The molecule has 0 bridgehead atoms. The SMILES string of the molecule is CCCC/C=C\C=C/CCCCCl. The van der Waals surface area contributed by atoms with Crippen LogP contribution in [0.1, 0.15) is 45.4 Å². The van der Waals surface area contributed by atoms with Gasteiger partial charge in [-0.1, -0.05) is 44.1 Å². The van der Waals surface area contributed by atoms with Crippen molar-refractivity contribution in [1.29, 1.82) is 0 Å². The van der Waals surface area contributed by atoms with Gasteiger partial charge in [-0.25, -0.2) is 0 Å². The number of rotatable bonds is 8. The Labute approximate surface area is 87.7 Å². The van der Waals surface area contributed by atoms with Gasteiger partial charge in [-0.15, -0.1) is 11.6 Å². The normalized spacial score (nSPS) is 11.8. The van der Waals surface area contributed by atoms with E-state index in [4.69, 9.17) is 11.6 Å². The van der Waals surface area contributed by atoms with Gasteiger partial charge in [-0.05, 0) is 25.7 Å². The first-order chi connectivity index (χ1) is 6.41. The molecule has 0 heterocycles. The minimum Gasteiger partial charge on any atom is -0.127 e. The Bertz CT molecular complexity index is 136. The molecule has 0 nitrogen and oxygen atoms in total. The molecule has 0 aromatic rings. The molecule has 0 spiro atoms. The van der Waals surface area contributed by atoms with Gasteiger partial charge >= 0.3 is 0 Å². The fourth-order valence-electron chi connectivity index (χ4n) is 1.03. The van der Waals surface area contributed by atoms with Crippen molar-refractivity contribution in [1.82, 2.24) is 0 Å². The number of alkyl halides is 1. The number of halogens is 1. The van der Waals surface area contributed by atoms with Crippen molar-refractivity contribution < 1.29 is 0 Å². The van der Waals surface area contributed by atoms with Crippen molar-refractivity contribution in [2.24, 2.45) is 0 Å². The van der Waals surface area contributed by atoms with Gasteiger partial charge in [0.15, 0.2) is 0 Å². The molecule has 0 N–H and O–H groups in total. The molecule has 1 heteroatoms. The van der Waals surface area contributed by atoms with Crippen LogP contribution in [-0.4, -0.2) is 5.88 Å². The monoisotopic (exact) mass is 200 g/mol. The molecule has 0 saturated heterocycles. The summed E-state index contributed by atoms with van der Waals surface area (Å²) in [5.74, 6) is 0.792. The first-order valence-electron chi connectivity index (χ1n) is 5.29. The van der Waals surface area contributed by atoms with Crippen molar-refractivity contribution in [2.45, 2.75) is 45.4 Å². The highest BCUT2D eigenvalue weighted by atomic mass is 35.5. The minimum absolute atomic E-state index is 0.792. The lowest BCUT2D eigenvalue weighted by Gasteiger charge is -1.89. The van der Waals surface area contributed by atoms with E-state index >= 15 is 0 Å². The van der Waals surface area contributed by atoms with Crippen molar-refractivity contribution >= 4 is 11.6 Å². The molecule has 0 unspecified atom stereocenters. The van der Waals surface area contributed by atoms with Gasteiger partial charge in [0.05, 0.1) is 0 Å². The third-order valence-electron chi connectivity index (χ3n) is 1.86. The fourth-order valence-corrected chi connectivity index (χ4v) is 1.22. The molecular formula is C12H21Cl. The van der Waals surface area contributed by atoms with Gasteiger partial charge in [-0.3, -0.25) is 0 Å². The van der Waals surface area contributed by atoms with E-state index in [1.54, 1.807) is 0 Å². The summed E-state index contributed by atoms with van der Waals surface area (Å²) in [4.78, 5) is 0. The van der Waals surface area contributed by atoms with Crippen LogP contribution in [0.25, 0.3) is 0 Å². The molecular weight excluding hydrogens is 180 g/mol. The van der Waals surface area contributed by atoms with E-state index in [1.165, 1.54) is 25.7 Å². The van der Waals surface area contributed by atoms with Crippen LogP contribution in [0.2, 0.25) is 0 Å². The smallest absolute Gasteiger partial charge is 0.0223 e. The Kier molecular flexibility index (Phi) is 11.6. The largest absolute Gasteiger partial charge is 0.127 e. The highest BCUT2D eigenvalue weighted by Crippen LogP contribution is 1.99. The molecule has 0 atom stereocenters. The Morgan fingerprint density at radius 2 is 1.54 bits per heavy atom. The molecule has 0 aliphatic heterocycles. The second-order valence-electron chi connectivity index (χ2n) is 3.18. The third-order valence-corrected chi connectivity index (χ3v) is 2.13. The average molecular weight is 201 g/mol. The summed E-state index contributed by atoms with van der Waals surface area (Å²) in [5.41, 5.74) is 0. The molecule has 13 heavy (non-hydrogen) atoms. The molecule has 0 radical (unpaired) electrons. The summed E-state index contributed by atoms with van der Waals surface area (Å²) < 4.78 is 0. The van der Waals surface area contributed by atoms with Crippen LogP contribution in [0.3, 0.4) is 0 Å². The summed E-state index contributed by atoms with van der Waals surface area (Å²) in [5, 5.41) is 0. The number of hydrogen-bond donors (Lipinski definition) is 0. The molecule has 0 aromatic carbocycles. The average Bonchev–Trinajstić information content (AvgIpc) is 2.16. The summed E-state index contributed by atoms with van der Waals surface area (Å²) in [6.07, 6.45) is 16.0. The van der Waals surface area contributed by atoms with Gasteiger partial charge in [-0.2, -0.15) is 0 Å². The molecule has 0 aliphatic rings. The van der Waals surface area contributed by atoms with Crippen molar-refractivity contribution in [2.75, 3.05) is 5.88 Å². The van der Waals surface area contributed by atoms with Crippen molar-refractivity contribution in [3.63, 3.8) is 0 Å². The maximum atomic E-state index is 5.56. The highest BCUT2D eigenvalue weighted by molar-refractivity contribution is 6.17. The minimum atomic E-state index is 0.792. The number of unbranched alkanes of at least 4 members (excludes halogenated alkanes) is 4. The fraction of sp³-hybridized carbons (Fsp3) is 0.667. The van der Waals surface area contributed by atoms with Crippen LogP contribution in [0.5, 0.6) is 0 Å². The molecule has 76 valence electrons. The van der Waals surface area contributed by atoms with Gasteiger partial charge in [0, 0.05) is 5.88 Å². The molecule has 0 aliphatic carbocycles. The summed E-state index contributed by atoms with van der Waals surface area (Å²) in [6, 6.07) is 0. The lowest BCUT2D eigenvalue weighted by molar-refractivity contribution is 0.813. The first kappa shape index (κ1) is 12.8. The molecule has 0 saturated carbocycles.